The van der Waals surface area contributed by atoms with Crippen molar-refractivity contribution in [1.82, 2.24) is 14.8 Å². The van der Waals surface area contributed by atoms with E-state index in [2.05, 4.69) is 29.1 Å². The number of fused-ring (bicyclic) bond motifs is 1. The molecular formula is C16H18N4. The van der Waals surface area contributed by atoms with Gasteiger partial charge in [-0.1, -0.05) is 18.2 Å². The molecule has 0 spiro atoms. The Morgan fingerprint density at radius 2 is 1.95 bits per heavy atom. The number of nitrogens with zero attached hydrogens (tertiary/aromatic N) is 3. The van der Waals surface area contributed by atoms with Crippen LogP contribution in [0, 0.1) is 13.8 Å². The molecule has 0 unspecified atom stereocenters. The quantitative estimate of drug-likeness (QED) is 0.792. The number of rotatable bonds is 3. The summed E-state index contributed by atoms with van der Waals surface area (Å²) in [6.45, 7) is 5.37. The number of nitrogens with two attached hydrogens (primary N) is 1. The smallest absolute Gasteiger partial charge is 0.0705 e. The lowest BCUT2D eigenvalue weighted by molar-refractivity contribution is 0.660. The average Bonchev–Trinajstić information content (AvgIpc) is 2.73. The maximum absolute atomic E-state index is 5.79. The second-order valence-electron chi connectivity index (χ2n) is 5.00. The van der Waals surface area contributed by atoms with Crippen LogP contribution in [0.5, 0.6) is 0 Å². The maximum Gasteiger partial charge on any atom is 0.0705 e. The standard InChI is InChI=1S/C16H18N4/c1-11-15(9-17)12(2)20(19-11)10-13-7-8-18-16-6-4-3-5-14(13)16/h3-8H,9-10,17H2,1-2H3. The third-order valence-electron chi connectivity index (χ3n) is 3.79. The Labute approximate surface area is 118 Å². The fraction of sp³-hybridized carbons (Fsp3) is 0.250. The summed E-state index contributed by atoms with van der Waals surface area (Å²) in [6, 6.07) is 10.2. The molecule has 1 aromatic carbocycles. The van der Waals surface area contributed by atoms with Crippen molar-refractivity contribution in [2.45, 2.75) is 26.9 Å². The van der Waals surface area contributed by atoms with Crippen molar-refractivity contribution in [2.75, 3.05) is 0 Å². The van der Waals surface area contributed by atoms with Gasteiger partial charge in [-0.2, -0.15) is 5.10 Å². The average molecular weight is 266 g/mol. The lowest BCUT2D eigenvalue weighted by Gasteiger charge is -2.08. The number of aryl methyl sites for hydroxylation is 1. The minimum atomic E-state index is 0.536. The van der Waals surface area contributed by atoms with E-state index in [1.54, 1.807) is 0 Å². The van der Waals surface area contributed by atoms with Crippen molar-refractivity contribution in [3.8, 4) is 0 Å². The van der Waals surface area contributed by atoms with Crippen molar-refractivity contribution in [3.05, 3.63) is 59.0 Å². The molecule has 3 aromatic rings. The number of aromatic nitrogens is 3. The third kappa shape index (κ3) is 2.08. The first-order valence-corrected chi connectivity index (χ1v) is 6.76. The highest BCUT2D eigenvalue weighted by Gasteiger charge is 2.11. The van der Waals surface area contributed by atoms with Crippen LogP contribution in [0.1, 0.15) is 22.5 Å². The van der Waals surface area contributed by atoms with Gasteiger partial charge in [-0.3, -0.25) is 9.67 Å². The van der Waals surface area contributed by atoms with Crippen molar-refractivity contribution < 1.29 is 0 Å². The summed E-state index contributed by atoms with van der Waals surface area (Å²) in [6.07, 6.45) is 1.85. The number of hydrogen-bond acceptors (Lipinski definition) is 3. The molecule has 102 valence electrons. The molecule has 2 N–H and O–H groups in total. The summed E-state index contributed by atoms with van der Waals surface area (Å²) in [5, 5.41) is 5.78. The fourth-order valence-electron chi connectivity index (χ4n) is 2.64. The fourth-order valence-corrected chi connectivity index (χ4v) is 2.64. The number of para-hydroxylation sites is 1. The van der Waals surface area contributed by atoms with Crippen LogP contribution >= 0.6 is 0 Å². The summed E-state index contributed by atoms with van der Waals surface area (Å²) in [5.41, 5.74) is 11.3. The summed E-state index contributed by atoms with van der Waals surface area (Å²) in [7, 11) is 0. The summed E-state index contributed by atoms with van der Waals surface area (Å²) >= 11 is 0. The topological polar surface area (TPSA) is 56.7 Å². The highest BCUT2D eigenvalue weighted by Crippen LogP contribution is 2.19. The molecule has 0 aliphatic rings. The van der Waals surface area contributed by atoms with Gasteiger partial charge in [0.1, 0.15) is 0 Å². The van der Waals surface area contributed by atoms with Gasteiger partial charge in [0.15, 0.2) is 0 Å². The van der Waals surface area contributed by atoms with Crippen LogP contribution in [-0.2, 0) is 13.1 Å². The van der Waals surface area contributed by atoms with Gasteiger partial charge in [-0.05, 0) is 31.5 Å². The minimum absolute atomic E-state index is 0.536. The van der Waals surface area contributed by atoms with Crippen molar-refractivity contribution >= 4 is 10.9 Å². The first kappa shape index (κ1) is 12.8. The SMILES string of the molecule is Cc1nn(Cc2ccnc3ccccc23)c(C)c1CN. The molecule has 2 aromatic heterocycles. The van der Waals surface area contributed by atoms with Gasteiger partial charge in [-0.25, -0.2) is 0 Å². The Bertz CT molecular complexity index is 753. The first-order valence-electron chi connectivity index (χ1n) is 6.76. The summed E-state index contributed by atoms with van der Waals surface area (Å²) < 4.78 is 2.03. The van der Waals surface area contributed by atoms with Crippen molar-refractivity contribution in [3.63, 3.8) is 0 Å². The molecule has 0 bridgehead atoms. The van der Waals surface area contributed by atoms with Crippen LogP contribution in [0.3, 0.4) is 0 Å². The van der Waals surface area contributed by atoms with Crippen molar-refractivity contribution in [1.29, 1.82) is 0 Å². The van der Waals surface area contributed by atoms with E-state index in [0.717, 1.165) is 29.0 Å². The van der Waals surface area contributed by atoms with Crippen LogP contribution in [0.25, 0.3) is 10.9 Å². The molecule has 0 saturated carbocycles. The molecule has 0 radical (unpaired) electrons. The van der Waals surface area contributed by atoms with Crippen LogP contribution in [-0.4, -0.2) is 14.8 Å². The Morgan fingerprint density at radius 1 is 1.15 bits per heavy atom. The molecule has 20 heavy (non-hydrogen) atoms. The Balaban J connectivity index is 2.06. The monoisotopic (exact) mass is 266 g/mol. The first-order chi connectivity index (χ1) is 9.70. The van der Waals surface area contributed by atoms with E-state index in [0.29, 0.717) is 6.54 Å². The zero-order valence-corrected chi connectivity index (χ0v) is 11.8. The van der Waals surface area contributed by atoms with E-state index >= 15 is 0 Å². The predicted octanol–water partition coefficient (Wildman–Crippen LogP) is 2.56. The normalized spacial score (nSPS) is 11.2. The molecule has 0 aliphatic heterocycles. The lowest BCUT2D eigenvalue weighted by Crippen LogP contribution is -2.06. The third-order valence-corrected chi connectivity index (χ3v) is 3.79. The van der Waals surface area contributed by atoms with E-state index in [1.165, 1.54) is 10.9 Å². The van der Waals surface area contributed by atoms with Crippen LogP contribution < -0.4 is 5.73 Å². The Morgan fingerprint density at radius 3 is 2.70 bits per heavy atom. The minimum Gasteiger partial charge on any atom is -0.326 e. The maximum atomic E-state index is 5.79. The molecule has 2 heterocycles. The molecule has 0 amide bonds. The molecule has 0 saturated heterocycles. The van der Waals surface area contributed by atoms with Crippen LogP contribution in [0.2, 0.25) is 0 Å². The van der Waals surface area contributed by atoms with E-state index in [4.69, 9.17) is 5.73 Å². The van der Waals surface area contributed by atoms with Gasteiger partial charge in [0.2, 0.25) is 0 Å². The van der Waals surface area contributed by atoms with Gasteiger partial charge >= 0.3 is 0 Å². The number of hydrogen-bond donors (Lipinski definition) is 1. The summed E-state index contributed by atoms with van der Waals surface area (Å²) in [5.74, 6) is 0. The molecule has 0 aliphatic carbocycles. The van der Waals surface area contributed by atoms with Crippen molar-refractivity contribution in [2.24, 2.45) is 5.73 Å². The highest BCUT2D eigenvalue weighted by atomic mass is 15.3. The molecular weight excluding hydrogens is 248 g/mol. The molecule has 0 atom stereocenters. The lowest BCUT2D eigenvalue weighted by atomic mass is 10.1. The van der Waals surface area contributed by atoms with E-state index < -0.39 is 0 Å². The zero-order chi connectivity index (χ0) is 14.1. The highest BCUT2D eigenvalue weighted by molar-refractivity contribution is 5.81. The zero-order valence-electron chi connectivity index (χ0n) is 11.8. The largest absolute Gasteiger partial charge is 0.326 e. The Hall–Kier alpha value is -2.20. The molecule has 0 fully saturated rings. The van der Waals surface area contributed by atoms with Gasteiger partial charge in [0.05, 0.1) is 17.8 Å². The van der Waals surface area contributed by atoms with Gasteiger partial charge in [-0.15, -0.1) is 0 Å². The number of benzene rings is 1. The van der Waals surface area contributed by atoms with E-state index in [9.17, 15) is 0 Å². The van der Waals surface area contributed by atoms with Gasteiger partial charge in [0, 0.05) is 29.4 Å². The summed E-state index contributed by atoms with van der Waals surface area (Å²) in [4.78, 5) is 4.40. The Kier molecular flexibility index (Phi) is 3.24. The van der Waals surface area contributed by atoms with Crippen LogP contribution in [0.15, 0.2) is 36.5 Å². The predicted molar refractivity (Wildman–Crippen MR) is 80.4 cm³/mol. The van der Waals surface area contributed by atoms with Crippen LogP contribution in [0.4, 0.5) is 0 Å². The van der Waals surface area contributed by atoms with E-state index in [-0.39, 0.29) is 0 Å². The van der Waals surface area contributed by atoms with Gasteiger partial charge in [0.25, 0.3) is 0 Å². The second kappa shape index (κ2) is 5.06. The second-order valence-corrected chi connectivity index (χ2v) is 5.00. The molecule has 4 heteroatoms. The van der Waals surface area contributed by atoms with Gasteiger partial charge < -0.3 is 5.73 Å². The molecule has 4 nitrogen and oxygen atoms in total. The number of pyridine rings is 1. The molecule has 3 rings (SSSR count). The van der Waals surface area contributed by atoms with E-state index in [1.807, 2.05) is 36.0 Å².